The van der Waals surface area contributed by atoms with Gasteiger partial charge in [-0.25, -0.2) is 17.6 Å². The summed E-state index contributed by atoms with van der Waals surface area (Å²) < 4.78 is 39.8. The van der Waals surface area contributed by atoms with Crippen molar-refractivity contribution >= 4 is 16.0 Å². The minimum Gasteiger partial charge on any atom is -0.478 e. The Kier molecular flexibility index (Phi) is 5.25. The first-order valence-corrected chi connectivity index (χ1v) is 7.31. The summed E-state index contributed by atoms with van der Waals surface area (Å²) in [4.78, 5) is 10.1. The summed E-state index contributed by atoms with van der Waals surface area (Å²) in [5, 5.41) is 8.81. The van der Waals surface area contributed by atoms with Crippen LogP contribution in [0.3, 0.4) is 0 Å². The summed E-state index contributed by atoms with van der Waals surface area (Å²) in [6.07, 6.45) is 6.24. The maximum Gasteiger partial charge on any atom is 0.335 e. The Morgan fingerprint density at radius 3 is 2.70 bits per heavy atom. The smallest absolute Gasteiger partial charge is 0.335 e. The van der Waals surface area contributed by atoms with Gasteiger partial charge in [-0.15, -0.1) is 6.42 Å². The van der Waals surface area contributed by atoms with Crippen LogP contribution in [0.25, 0.3) is 0 Å². The van der Waals surface area contributed by atoms with Gasteiger partial charge in [0.25, 0.3) is 0 Å². The van der Waals surface area contributed by atoms with Gasteiger partial charge in [-0.1, -0.05) is 19.3 Å². The van der Waals surface area contributed by atoms with Crippen molar-refractivity contribution in [2.75, 3.05) is 0 Å². The molecule has 0 aliphatic heterocycles. The van der Waals surface area contributed by atoms with E-state index in [4.69, 9.17) is 11.5 Å². The summed E-state index contributed by atoms with van der Waals surface area (Å²) in [6.45, 7) is 1.82. The number of halogens is 1. The molecule has 0 radical (unpaired) electrons. The molecule has 1 aromatic rings. The van der Waals surface area contributed by atoms with E-state index < -0.39 is 32.7 Å². The molecular weight excluding hydrogens is 285 g/mol. The molecule has 0 spiro atoms. The molecule has 1 aromatic carbocycles. The number of nitrogens with one attached hydrogen (secondary N) is 1. The zero-order valence-corrected chi connectivity index (χ0v) is 11.6. The van der Waals surface area contributed by atoms with Gasteiger partial charge in [0.2, 0.25) is 10.0 Å². The number of aromatic carboxylic acids is 1. The third kappa shape index (κ3) is 3.79. The van der Waals surface area contributed by atoms with E-state index in [9.17, 15) is 17.6 Å². The molecule has 0 saturated heterocycles. The van der Waals surface area contributed by atoms with Crippen LogP contribution in [0.4, 0.5) is 4.39 Å². The lowest BCUT2D eigenvalue weighted by atomic mass is 10.2. The lowest BCUT2D eigenvalue weighted by Gasteiger charge is -2.13. The molecule has 0 saturated carbocycles. The van der Waals surface area contributed by atoms with Crippen LogP contribution in [0.2, 0.25) is 0 Å². The number of carbonyl (C=O) groups is 1. The Morgan fingerprint density at radius 1 is 1.55 bits per heavy atom. The average Bonchev–Trinajstić information content (AvgIpc) is 2.37. The average molecular weight is 299 g/mol. The highest BCUT2D eigenvalue weighted by Gasteiger charge is 2.23. The predicted octanol–water partition coefficient (Wildman–Crippen LogP) is 1.60. The standard InChI is InChI=1S/C13H14FNO4S/c1-3-5-10(4-2)15-20(18,19)12-8-9(13(16)17)6-7-11(12)14/h2,6-8,10,15H,3,5H2,1H3,(H,16,17). The number of carboxylic acid groups (broad SMARTS) is 1. The molecule has 108 valence electrons. The van der Waals surface area contributed by atoms with Crippen LogP contribution >= 0.6 is 0 Å². The summed E-state index contributed by atoms with van der Waals surface area (Å²) >= 11 is 0. The molecule has 0 aliphatic rings. The number of hydrogen-bond donors (Lipinski definition) is 2. The van der Waals surface area contributed by atoms with Crippen LogP contribution in [0.1, 0.15) is 30.1 Å². The molecule has 0 fully saturated rings. The van der Waals surface area contributed by atoms with Crippen LogP contribution < -0.4 is 4.72 Å². The molecule has 2 N–H and O–H groups in total. The van der Waals surface area contributed by atoms with Crippen molar-refractivity contribution in [3.8, 4) is 12.3 Å². The highest BCUT2D eigenvalue weighted by Crippen LogP contribution is 2.17. The first kappa shape index (κ1) is 16.1. The molecule has 0 aliphatic carbocycles. The van der Waals surface area contributed by atoms with Crippen LogP contribution in [-0.2, 0) is 10.0 Å². The fraction of sp³-hybridized carbons (Fsp3) is 0.308. The highest BCUT2D eigenvalue weighted by atomic mass is 32.2. The molecule has 5 nitrogen and oxygen atoms in total. The van der Waals surface area contributed by atoms with Crippen molar-refractivity contribution in [3.05, 3.63) is 29.6 Å². The van der Waals surface area contributed by atoms with Crippen molar-refractivity contribution in [3.63, 3.8) is 0 Å². The van der Waals surface area contributed by atoms with Gasteiger partial charge in [0.15, 0.2) is 0 Å². The quantitative estimate of drug-likeness (QED) is 0.782. The van der Waals surface area contributed by atoms with Crippen LogP contribution in [0, 0.1) is 18.2 Å². The predicted molar refractivity (Wildman–Crippen MR) is 71.2 cm³/mol. The Balaban J connectivity index is 3.18. The number of sulfonamides is 1. The topological polar surface area (TPSA) is 83.5 Å². The van der Waals surface area contributed by atoms with Gasteiger partial charge >= 0.3 is 5.97 Å². The molecule has 0 amide bonds. The maximum atomic E-state index is 13.6. The van der Waals surface area contributed by atoms with E-state index in [0.29, 0.717) is 12.8 Å². The molecule has 1 rings (SSSR count). The highest BCUT2D eigenvalue weighted by molar-refractivity contribution is 7.89. The Hall–Kier alpha value is -1.91. The summed E-state index contributed by atoms with van der Waals surface area (Å²) in [5.41, 5.74) is -0.320. The number of carboxylic acids is 1. The Bertz CT molecular complexity index is 649. The second-order valence-corrected chi connectivity index (χ2v) is 5.76. The molecule has 1 unspecified atom stereocenters. The third-order valence-corrected chi connectivity index (χ3v) is 4.03. The van der Waals surface area contributed by atoms with E-state index in [1.807, 2.05) is 6.92 Å². The zero-order valence-electron chi connectivity index (χ0n) is 10.8. The lowest BCUT2D eigenvalue weighted by molar-refractivity contribution is 0.0696. The molecule has 0 bridgehead atoms. The van der Waals surface area contributed by atoms with E-state index in [-0.39, 0.29) is 5.56 Å². The monoisotopic (exact) mass is 299 g/mol. The van der Waals surface area contributed by atoms with E-state index >= 15 is 0 Å². The minimum absolute atomic E-state index is 0.320. The fourth-order valence-electron chi connectivity index (χ4n) is 1.56. The zero-order chi connectivity index (χ0) is 15.3. The van der Waals surface area contributed by atoms with Gasteiger partial charge in [0, 0.05) is 0 Å². The first-order chi connectivity index (χ1) is 9.31. The first-order valence-electron chi connectivity index (χ1n) is 5.83. The van der Waals surface area contributed by atoms with E-state index in [2.05, 4.69) is 10.6 Å². The summed E-state index contributed by atoms with van der Waals surface area (Å²) in [7, 11) is -4.21. The van der Waals surface area contributed by atoms with Crippen molar-refractivity contribution in [1.82, 2.24) is 4.72 Å². The minimum atomic E-state index is -4.21. The van der Waals surface area contributed by atoms with Gasteiger partial charge in [-0.3, -0.25) is 0 Å². The van der Waals surface area contributed by atoms with E-state index in [0.717, 1.165) is 18.2 Å². The second-order valence-electron chi connectivity index (χ2n) is 4.08. The van der Waals surface area contributed by atoms with E-state index in [1.165, 1.54) is 0 Å². The normalized spacial score (nSPS) is 12.7. The van der Waals surface area contributed by atoms with Gasteiger partial charge in [-0.05, 0) is 24.6 Å². The maximum absolute atomic E-state index is 13.6. The molecular formula is C13H14FNO4S. The number of benzene rings is 1. The summed E-state index contributed by atoms with van der Waals surface area (Å²) in [5.74, 6) is -0.120. The number of hydrogen-bond acceptors (Lipinski definition) is 3. The Labute approximate surface area is 116 Å². The lowest BCUT2D eigenvalue weighted by Crippen LogP contribution is -2.34. The van der Waals surface area contributed by atoms with Crippen molar-refractivity contribution in [1.29, 1.82) is 0 Å². The van der Waals surface area contributed by atoms with Crippen LogP contribution in [0.5, 0.6) is 0 Å². The Morgan fingerprint density at radius 2 is 2.20 bits per heavy atom. The van der Waals surface area contributed by atoms with Gasteiger partial charge in [0.05, 0.1) is 11.6 Å². The largest absolute Gasteiger partial charge is 0.478 e. The third-order valence-electron chi connectivity index (χ3n) is 2.54. The van der Waals surface area contributed by atoms with Crippen molar-refractivity contribution < 1.29 is 22.7 Å². The molecule has 1 atom stereocenters. The molecule has 20 heavy (non-hydrogen) atoms. The number of rotatable bonds is 6. The van der Waals surface area contributed by atoms with Crippen LogP contribution in [0.15, 0.2) is 23.1 Å². The van der Waals surface area contributed by atoms with Gasteiger partial charge < -0.3 is 5.11 Å². The second kappa shape index (κ2) is 6.50. The van der Waals surface area contributed by atoms with Crippen LogP contribution in [-0.4, -0.2) is 25.5 Å². The van der Waals surface area contributed by atoms with Gasteiger partial charge in [0.1, 0.15) is 10.7 Å². The van der Waals surface area contributed by atoms with E-state index in [1.54, 1.807) is 0 Å². The molecule has 7 heteroatoms. The fourth-order valence-corrected chi connectivity index (χ4v) is 2.85. The van der Waals surface area contributed by atoms with Gasteiger partial charge in [-0.2, -0.15) is 4.72 Å². The number of terminal acetylenes is 1. The SMILES string of the molecule is C#CC(CCC)NS(=O)(=O)c1cc(C(=O)O)ccc1F. The molecule has 0 aromatic heterocycles. The summed E-state index contributed by atoms with van der Waals surface area (Å²) in [6, 6.07) is 1.78. The van der Waals surface area contributed by atoms with Crippen molar-refractivity contribution in [2.24, 2.45) is 0 Å². The van der Waals surface area contributed by atoms with Crippen molar-refractivity contribution in [2.45, 2.75) is 30.7 Å². The molecule has 0 heterocycles.